The van der Waals surface area contributed by atoms with E-state index in [0.717, 1.165) is 28.3 Å². The van der Waals surface area contributed by atoms with Gasteiger partial charge in [0.1, 0.15) is 0 Å². The molecule has 0 aliphatic carbocycles. The standard InChI is InChI=1S/C16H14ClNO/c1-16(13-5-3-2-4-6-13)11-15(18-19-16)12-7-9-14(17)10-8-12/h2-10H,11H2,1H3. The van der Waals surface area contributed by atoms with Gasteiger partial charge in [0.2, 0.25) is 0 Å². The molecule has 3 heteroatoms. The van der Waals surface area contributed by atoms with E-state index in [2.05, 4.69) is 24.2 Å². The third-order valence-electron chi connectivity index (χ3n) is 3.42. The molecule has 2 nitrogen and oxygen atoms in total. The van der Waals surface area contributed by atoms with E-state index in [0.29, 0.717) is 0 Å². The smallest absolute Gasteiger partial charge is 0.165 e. The molecule has 2 aromatic rings. The van der Waals surface area contributed by atoms with E-state index in [1.165, 1.54) is 0 Å². The molecule has 0 radical (unpaired) electrons. The van der Waals surface area contributed by atoms with E-state index >= 15 is 0 Å². The summed E-state index contributed by atoms with van der Waals surface area (Å²) in [5, 5.41) is 4.97. The van der Waals surface area contributed by atoms with Gasteiger partial charge in [-0.2, -0.15) is 0 Å². The van der Waals surface area contributed by atoms with Crippen molar-refractivity contribution in [2.75, 3.05) is 0 Å². The van der Waals surface area contributed by atoms with Gasteiger partial charge in [-0.1, -0.05) is 59.2 Å². The van der Waals surface area contributed by atoms with Crippen molar-refractivity contribution in [2.24, 2.45) is 5.16 Å². The number of halogens is 1. The first-order valence-corrected chi connectivity index (χ1v) is 6.62. The summed E-state index contributed by atoms with van der Waals surface area (Å²) in [5.41, 5.74) is 2.78. The molecule has 19 heavy (non-hydrogen) atoms. The van der Waals surface area contributed by atoms with Crippen LogP contribution in [0.5, 0.6) is 0 Å². The third kappa shape index (κ3) is 2.36. The SMILES string of the molecule is CC1(c2ccccc2)CC(c2ccc(Cl)cc2)=NO1. The molecule has 96 valence electrons. The van der Waals surface area contributed by atoms with Crippen LogP contribution in [0.25, 0.3) is 0 Å². The van der Waals surface area contributed by atoms with Crippen LogP contribution in [0.3, 0.4) is 0 Å². The average molecular weight is 272 g/mol. The van der Waals surface area contributed by atoms with Crippen molar-refractivity contribution in [1.82, 2.24) is 0 Å². The third-order valence-corrected chi connectivity index (χ3v) is 3.68. The van der Waals surface area contributed by atoms with Gasteiger partial charge in [0.25, 0.3) is 0 Å². The molecule has 1 heterocycles. The van der Waals surface area contributed by atoms with Crippen molar-refractivity contribution in [3.63, 3.8) is 0 Å². The number of nitrogens with zero attached hydrogens (tertiary/aromatic N) is 1. The van der Waals surface area contributed by atoms with E-state index in [1.54, 1.807) is 0 Å². The van der Waals surface area contributed by atoms with Crippen LogP contribution in [0.2, 0.25) is 5.02 Å². The normalized spacial score (nSPS) is 21.9. The van der Waals surface area contributed by atoms with E-state index in [4.69, 9.17) is 16.4 Å². The summed E-state index contributed by atoms with van der Waals surface area (Å²) in [7, 11) is 0. The Morgan fingerprint density at radius 3 is 2.42 bits per heavy atom. The van der Waals surface area contributed by atoms with Crippen LogP contribution >= 0.6 is 11.6 Å². The van der Waals surface area contributed by atoms with Gasteiger partial charge in [0.05, 0.1) is 5.71 Å². The zero-order chi connectivity index (χ0) is 13.3. The Morgan fingerprint density at radius 2 is 1.74 bits per heavy atom. The molecule has 0 spiro atoms. The number of hydrogen-bond acceptors (Lipinski definition) is 2. The van der Waals surface area contributed by atoms with Crippen LogP contribution in [0, 0.1) is 0 Å². The quantitative estimate of drug-likeness (QED) is 0.794. The van der Waals surface area contributed by atoms with E-state index in [9.17, 15) is 0 Å². The van der Waals surface area contributed by atoms with Crippen LogP contribution in [0.1, 0.15) is 24.5 Å². The Labute approximate surface area is 117 Å². The highest BCUT2D eigenvalue weighted by Gasteiger charge is 2.36. The molecule has 0 saturated heterocycles. The summed E-state index contributed by atoms with van der Waals surface area (Å²) < 4.78 is 0. The fourth-order valence-corrected chi connectivity index (χ4v) is 2.41. The highest BCUT2D eigenvalue weighted by molar-refractivity contribution is 6.30. The molecule has 0 amide bonds. The largest absolute Gasteiger partial charge is 0.384 e. The van der Waals surface area contributed by atoms with Gasteiger partial charge in [-0.25, -0.2) is 0 Å². The summed E-state index contributed by atoms with van der Waals surface area (Å²) in [6.07, 6.45) is 0.763. The molecular weight excluding hydrogens is 258 g/mol. The summed E-state index contributed by atoms with van der Waals surface area (Å²) >= 11 is 5.90. The van der Waals surface area contributed by atoms with Gasteiger partial charge in [-0.15, -0.1) is 0 Å². The van der Waals surface area contributed by atoms with E-state index < -0.39 is 0 Å². The number of oxime groups is 1. The maximum atomic E-state index is 5.90. The Kier molecular flexibility index (Phi) is 3.03. The van der Waals surface area contributed by atoms with Crippen LogP contribution in [-0.2, 0) is 10.4 Å². The minimum atomic E-state index is -0.379. The highest BCUT2D eigenvalue weighted by Crippen LogP contribution is 2.35. The van der Waals surface area contributed by atoms with E-state index in [-0.39, 0.29) is 5.60 Å². The first kappa shape index (κ1) is 12.2. The maximum Gasteiger partial charge on any atom is 0.165 e. The second-order valence-corrected chi connectivity index (χ2v) is 5.35. The lowest BCUT2D eigenvalue weighted by Gasteiger charge is -2.21. The molecule has 0 N–H and O–H groups in total. The maximum absolute atomic E-state index is 5.90. The molecule has 1 atom stereocenters. The predicted molar refractivity (Wildman–Crippen MR) is 77.5 cm³/mol. The van der Waals surface area contributed by atoms with Gasteiger partial charge in [-0.3, -0.25) is 0 Å². The number of rotatable bonds is 2. The Balaban J connectivity index is 1.85. The zero-order valence-electron chi connectivity index (χ0n) is 10.6. The Morgan fingerprint density at radius 1 is 1.05 bits per heavy atom. The molecule has 0 fully saturated rings. The molecule has 1 aliphatic rings. The second kappa shape index (κ2) is 4.71. The number of benzene rings is 2. The van der Waals surface area contributed by atoms with Crippen molar-refractivity contribution in [3.05, 3.63) is 70.7 Å². The van der Waals surface area contributed by atoms with Gasteiger partial charge in [0.15, 0.2) is 5.60 Å². The summed E-state index contributed by atoms with van der Waals surface area (Å²) in [6, 6.07) is 17.9. The van der Waals surface area contributed by atoms with Gasteiger partial charge >= 0.3 is 0 Å². The van der Waals surface area contributed by atoms with Gasteiger partial charge < -0.3 is 4.84 Å². The molecule has 2 aromatic carbocycles. The van der Waals surface area contributed by atoms with Gasteiger partial charge in [-0.05, 0) is 30.2 Å². The molecule has 0 saturated carbocycles. The average Bonchev–Trinajstić information content (AvgIpc) is 2.85. The van der Waals surface area contributed by atoms with Crippen molar-refractivity contribution in [2.45, 2.75) is 18.9 Å². The van der Waals surface area contributed by atoms with Crippen LogP contribution in [0.4, 0.5) is 0 Å². The minimum absolute atomic E-state index is 0.379. The monoisotopic (exact) mass is 271 g/mol. The fraction of sp³-hybridized carbons (Fsp3) is 0.188. The topological polar surface area (TPSA) is 21.6 Å². The molecule has 1 aliphatic heterocycles. The first-order chi connectivity index (χ1) is 9.17. The Bertz CT molecular complexity index is 606. The minimum Gasteiger partial charge on any atom is -0.384 e. The lowest BCUT2D eigenvalue weighted by atomic mass is 9.89. The van der Waals surface area contributed by atoms with Gasteiger partial charge in [0, 0.05) is 11.4 Å². The zero-order valence-corrected chi connectivity index (χ0v) is 11.4. The lowest BCUT2D eigenvalue weighted by molar-refractivity contribution is -0.00738. The van der Waals surface area contributed by atoms with E-state index in [1.807, 2.05) is 42.5 Å². The molecule has 3 rings (SSSR count). The predicted octanol–water partition coefficient (Wildman–Crippen LogP) is 4.38. The Hall–Kier alpha value is -1.80. The lowest BCUT2D eigenvalue weighted by Crippen LogP contribution is -2.21. The van der Waals surface area contributed by atoms with Crippen molar-refractivity contribution >= 4 is 17.3 Å². The summed E-state index contributed by atoms with van der Waals surface area (Å²) in [4.78, 5) is 5.68. The van der Waals surface area contributed by atoms with Crippen molar-refractivity contribution in [1.29, 1.82) is 0 Å². The van der Waals surface area contributed by atoms with Crippen LogP contribution in [-0.4, -0.2) is 5.71 Å². The molecule has 0 bridgehead atoms. The summed E-state index contributed by atoms with van der Waals surface area (Å²) in [6.45, 7) is 2.06. The van der Waals surface area contributed by atoms with Crippen LogP contribution < -0.4 is 0 Å². The molecular formula is C16H14ClNO. The molecule has 1 unspecified atom stereocenters. The van der Waals surface area contributed by atoms with Crippen molar-refractivity contribution in [3.8, 4) is 0 Å². The fourth-order valence-electron chi connectivity index (χ4n) is 2.28. The first-order valence-electron chi connectivity index (χ1n) is 6.24. The van der Waals surface area contributed by atoms with Crippen molar-refractivity contribution < 1.29 is 4.84 Å². The van der Waals surface area contributed by atoms with Crippen LogP contribution in [0.15, 0.2) is 59.8 Å². The number of hydrogen-bond donors (Lipinski definition) is 0. The summed E-state index contributed by atoms with van der Waals surface area (Å²) in [5.74, 6) is 0. The second-order valence-electron chi connectivity index (χ2n) is 4.91. The highest BCUT2D eigenvalue weighted by atomic mass is 35.5. The molecule has 0 aromatic heterocycles.